The standard InChI is InChI=1S/C23H19ClN2/c24-20-12-15-22(16-13-20)26-23(19-9-5-2-6-10-19)17-21(25-26)14-11-18-7-3-1-4-8-18/h1-16,23H,17H2/b14-11+/t23-/m0/s1. The van der Waals surface area contributed by atoms with Crippen LogP contribution in [-0.2, 0) is 0 Å². The van der Waals surface area contributed by atoms with Gasteiger partial charge in [-0.05, 0) is 41.5 Å². The van der Waals surface area contributed by atoms with Gasteiger partial charge in [-0.2, -0.15) is 5.10 Å². The highest BCUT2D eigenvalue weighted by atomic mass is 35.5. The molecule has 0 saturated carbocycles. The van der Waals surface area contributed by atoms with Crippen LogP contribution < -0.4 is 5.01 Å². The first kappa shape index (κ1) is 16.6. The van der Waals surface area contributed by atoms with Crippen molar-refractivity contribution in [1.82, 2.24) is 0 Å². The van der Waals surface area contributed by atoms with Gasteiger partial charge in [0.2, 0.25) is 0 Å². The molecule has 0 unspecified atom stereocenters. The summed E-state index contributed by atoms with van der Waals surface area (Å²) < 4.78 is 0. The Morgan fingerprint density at radius 2 is 1.46 bits per heavy atom. The van der Waals surface area contributed by atoms with Gasteiger partial charge in [0, 0.05) is 11.4 Å². The van der Waals surface area contributed by atoms with Gasteiger partial charge >= 0.3 is 0 Å². The molecule has 0 radical (unpaired) electrons. The van der Waals surface area contributed by atoms with Crippen LogP contribution in [0.5, 0.6) is 0 Å². The lowest BCUT2D eigenvalue weighted by molar-refractivity contribution is 0.709. The summed E-state index contributed by atoms with van der Waals surface area (Å²) in [7, 11) is 0. The van der Waals surface area contributed by atoms with Gasteiger partial charge in [-0.3, -0.25) is 5.01 Å². The molecule has 0 amide bonds. The molecule has 1 heterocycles. The third-order valence-corrected chi connectivity index (χ3v) is 4.73. The largest absolute Gasteiger partial charge is 0.257 e. The molecule has 3 aromatic rings. The number of rotatable bonds is 4. The highest BCUT2D eigenvalue weighted by Gasteiger charge is 2.27. The number of anilines is 1. The van der Waals surface area contributed by atoms with Crippen molar-refractivity contribution in [1.29, 1.82) is 0 Å². The Labute approximate surface area is 159 Å². The minimum atomic E-state index is 0.188. The van der Waals surface area contributed by atoms with Crippen molar-refractivity contribution in [3.8, 4) is 0 Å². The topological polar surface area (TPSA) is 15.6 Å². The summed E-state index contributed by atoms with van der Waals surface area (Å²) in [5.74, 6) is 0. The lowest BCUT2D eigenvalue weighted by Crippen LogP contribution is -2.18. The number of nitrogens with zero attached hydrogens (tertiary/aromatic N) is 2. The summed E-state index contributed by atoms with van der Waals surface area (Å²) in [5, 5.41) is 7.71. The first-order valence-corrected chi connectivity index (χ1v) is 9.08. The summed E-state index contributed by atoms with van der Waals surface area (Å²) in [6.07, 6.45) is 5.10. The Balaban J connectivity index is 1.65. The summed E-state index contributed by atoms with van der Waals surface area (Å²) in [5.41, 5.74) is 4.55. The number of allylic oxidation sites excluding steroid dienone is 1. The van der Waals surface area contributed by atoms with Crippen molar-refractivity contribution in [3.05, 3.63) is 107 Å². The van der Waals surface area contributed by atoms with Crippen LogP contribution in [0.1, 0.15) is 23.6 Å². The molecule has 0 aliphatic carbocycles. The van der Waals surface area contributed by atoms with E-state index in [1.165, 1.54) is 11.1 Å². The highest BCUT2D eigenvalue weighted by Crippen LogP contribution is 2.35. The molecule has 0 fully saturated rings. The smallest absolute Gasteiger partial charge is 0.0831 e. The molecule has 3 aromatic carbocycles. The van der Waals surface area contributed by atoms with Gasteiger partial charge in [0.25, 0.3) is 0 Å². The van der Waals surface area contributed by atoms with Crippen molar-refractivity contribution >= 4 is 29.1 Å². The van der Waals surface area contributed by atoms with E-state index in [9.17, 15) is 0 Å². The predicted octanol–water partition coefficient (Wildman–Crippen LogP) is 6.36. The van der Waals surface area contributed by atoms with Gasteiger partial charge in [-0.25, -0.2) is 0 Å². The van der Waals surface area contributed by atoms with Crippen LogP contribution in [0.25, 0.3) is 6.08 Å². The second-order valence-electron chi connectivity index (χ2n) is 6.29. The summed E-state index contributed by atoms with van der Waals surface area (Å²) in [4.78, 5) is 0. The molecule has 1 atom stereocenters. The number of hydrazone groups is 1. The number of benzene rings is 3. The maximum absolute atomic E-state index is 6.05. The van der Waals surface area contributed by atoms with Crippen molar-refractivity contribution in [3.63, 3.8) is 0 Å². The summed E-state index contributed by atoms with van der Waals surface area (Å²) >= 11 is 6.05. The van der Waals surface area contributed by atoms with Crippen LogP contribution in [-0.4, -0.2) is 5.71 Å². The number of hydrogen-bond donors (Lipinski definition) is 0. The molecule has 26 heavy (non-hydrogen) atoms. The highest BCUT2D eigenvalue weighted by molar-refractivity contribution is 6.30. The molecule has 4 rings (SSSR count). The maximum Gasteiger partial charge on any atom is 0.0831 e. The average Bonchev–Trinajstić information content (AvgIpc) is 3.13. The normalized spacial score (nSPS) is 16.9. The fourth-order valence-corrected chi connectivity index (χ4v) is 3.28. The molecule has 0 N–H and O–H groups in total. The van der Waals surface area contributed by atoms with Crippen LogP contribution >= 0.6 is 11.6 Å². The predicted molar refractivity (Wildman–Crippen MR) is 111 cm³/mol. The molecule has 0 aromatic heterocycles. The van der Waals surface area contributed by atoms with Gasteiger partial charge in [0.05, 0.1) is 17.4 Å². The quantitative estimate of drug-likeness (QED) is 0.529. The zero-order valence-electron chi connectivity index (χ0n) is 14.3. The molecule has 0 spiro atoms. The lowest BCUT2D eigenvalue weighted by Gasteiger charge is -2.24. The fraction of sp³-hybridized carbons (Fsp3) is 0.0870. The summed E-state index contributed by atoms with van der Waals surface area (Å²) in [6.45, 7) is 0. The van der Waals surface area contributed by atoms with Crippen molar-refractivity contribution < 1.29 is 0 Å². The molecule has 1 aliphatic heterocycles. The molecule has 2 nitrogen and oxygen atoms in total. The van der Waals surface area contributed by atoms with E-state index in [1.807, 2.05) is 48.5 Å². The molecule has 3 heteroatoms. The van der Waals surface area contributed by atoms with Gasteiger partial charge in [0.1, 0.15) is 0 Å². The van der Waals surface area contributed by atoms with Gasteiger partial charge in [-0.15, -0.1) is 0 Å². The van der Waals surface area contributed by atoms with Crippen LogP contribution in [0.4, 0.5) is 5.69 Å². The van der Waals surface area contributed by atoms with Crippen LogP contribution in [0.15, 0.2) is 96.1 Å². The zero-order chi connectivity index (χ0) is 17.8. The summed E-state index contributed by atoms with van der Waals surface area (Å²) in [6, 6.07) is 28.9. The van der Waals surface area contributed by atoms with Gasteiger partial charge in [0.15, 0.2) is 0 Å². The third kappa shape index (κ3) is 3.71. The number of halogens is 1. The van der Waals surface area contributed by atoms with E-state index in [2.05, 4.69) is 53.6 Å². The van der Waals surface area contributed by atoms with E-state index in [0.717, 1.165) is 22.8 Å². The Morgan fingerprint density at radius 3 is 2.15 bits per heavy atom. The molecular formula is C23H19ClN2. The molecule has 1 aliphatic rings. The number of hydrogen-bond acceptors (Lipinski definition) is 2. The van der Waals surface area contributed by atoms with Gasteiger partial charge in [-0.1, -0.05) is 78.3 Å². The minimum Gasteiger partial charge on any atom is -0.257 e. The monoisotopic (exact) mass is 358 g/mol. The van der Waals surface area contributed by atoms with E-state index in [1.54, 1.807) is 0 Å². The van der Waals surface area contributed by atoms with Crippen LogP contribution in [0, 0.1) is 0 Å². The lowest BCUT2D eigenvalue weighted by atomic mass is 10.0. The molecular weight excluding hydrogens is 340 g/mol. The fourth-order valence-electron chi connectivity index (χ4n) is 3.16. The average molecular weight is 359 g/mol. The Hall–Kier alpha value is -2.84. The maximum atomic E-state index is 6.05. The molecule has 0 saturated heterocycles. The second-order valence-corrected chi connectivity index (χ2v) is 6.72. The van der Waals surface area contributed by atoms with Crippen LogP contribution in [0.2, 0.25) is 5.02 Å². The Bertz CT molecular complexity index is 915. The Kier molecular flexibility index (Phi) is 4.85. The van der Waals surface area contributed by atoms with E-state index >= 15 is 0 Å². The Morgan fingerprint density at radius 1 is 0.808 bits per heavy atom. The van der Waals surface area contributed by atoms with Crippen molar-refractivity contribution in [2.45, 2.75) is 12.5 Å². The van der Waals surface area contributed by atoms with E-state index in [4.69, 9.17) is 16.7 Å². The second kappa shape index (κ2) is 7.59. The minimum absolute atomic E-state index is 0.188. The van der Waals surface area contributed by atoms with E-state index < -0.39 is 0 Å². The molecule has 128 valence electrons. The van der Waals surface area contributed by atoms with E-state index in [-0.39, 0.29) is 6.04 Å². The first-order chi connectivity index (χ1) is 12.8. The molecule has 0 bridgehead atoms. The SMILES string of the molecule is Clc1ccc(N2N=C(/C=C/c3ccccc3)C[C@H]2c2ccccc2)cc1. The van der Waals surface area contributed by atoms with E-state index in [0.29, 0.717) is 0 Å². The van der Waals surface area contributed by atoms with Crippen molar-refractivity contribution in [2.24, 2.45) is 5.10 Å². The van der Waals surface area contributed by atoms with Crippen molar-refractivity contribution in [2.75, 3.05) is 5.01 Å². The zero-order valence-corrected chi connectivity index (χ0v) is 15.1. The van der Waals surface area contributed by atoms with Gasteiger partial charge < -0.3 is 0 Å². The first-order valence-electron chi connectivity index (χ1n) is 8.70. The third-order valence-electron chi connectivity index (χ3n) is 4.48. The van der Waals surface area contributed by atoms with Crippen LogP contribution in [0.3, 0.4) is 0 Å².